The first kappa shape index (κ1) is 14.4. The SMILES string of the molecule is CCCCN(CCCC)CCCC(=N)N. The molecule has 0 saturated carbocycles. The minimum Gasteiger partial charge on any atom is -0.388 e. The molecule has 15 heavy (non-hydrogen) atoms. The summed E-state index contributed by atoms with van der Waals surface area (Å²) in [7, 11) is 0. The maximum atomic E-state index is 7.17. The predicted molar refractivity (Wildman–Crippen MR) is 67.4 cm³/mol. The second kappa shape index (κ2) is 9.97. The highest BCUT2D eigenvalue weighted by molar-refractivity contribution is 5.76. The van der Waals surface area contributed by atoms with Gasteiger partial charge in [-0.15, -0.1) is 0 Å². The van der Waals surface area contributed by atoms with E-state index in [1.807, 2.05) is 0 Å². The second-order valence-electron chi connectivity index (χ2n) is 4.18. The molecule has 3 heteroatoms. The lowest BCUT2D eigenvalue weighted by molar-refractivity contribution is 0.263. The van der Waals surface area contributed by atoms with Crippen molar-refractivity contribution in [2.24, 2.45) is 5.73 Å². The number of nitrogens with one attached hydrogen (secondary N) is 1. The molecule has 0 heterocycles. The summed E-state index contributed by atoms with van der Waals surface area (Å²) in [5.74, 6) is 0.320. The number of rotatable bonds is 10. The standard InChI is InChI=1S/C12H27N3/c1-3-5-9-15(10-6-4-2)11-7-8-12(13)14/h3-11H2,1-2H3,(H3,13,14). The fourth-order valence-electron chi connectivity index (χ4n) is 1.59. The predicted octanol–water partition coefficient (Wildman–Crippen LogP) is 2.60. The molecule has 90 valence electrons. The third kappa shape index (κ3) is 9.73. The molecule has 3 N–H and O–H groups in total. The van der Waals surface area contributed by atoms with E-state index < -0.39 is 0 Å². The number of nitrogens with zero attached hydrogens (tertiary/aromatic N) is 1. The molecule has 0 aliphatic carbocycles. The number of unbranched alkanes of at least 4 members (excludes halogenated alkanes) is 2. The maximum Gasteiger partial charge on any atom is 0.0905 e. The smallest absolute Gasteiger partial charge is 0.0905 e. The van der Waals surface area contributed by atoms with Crippen LogP contribution in [0.15, 0.2) is 0 Å². The summed E-state index contributed by atoms with van der Waals surface area (Å²) in [6, 6.07) is 0. The third-order valence-corrected chi connectivity index (χ3v) is 2.58. The van der Waals surface area contributed by atoms with E-state index in [2.05, 4.69) is 18.7 Å². The summed E-state index contributed by atoms with van der Waals surface area (Å²) >= 11 is 0. The van der Waals surface area contributed by atoms with Gasteiger partial charge in [-0.3, -0.25) is 5.41 Å². The van der Waals surface area contributed by atoms with Crippen molar-refractivity contribution < 1.29 is 0 Å². The lowest BCUT2D eigenvalue weighted by Gasteiger charge is -2.21. The Morgan fingerprint density at radius 1 is 1.00 bits per heavy atom. The highest BCUT2D eigenvalue weighted by Gasteiger charge is 2.03. The molecule has 0 aliphatic heterocycles. The lowest BCUT2D eigenvalue weighted by atomic mass is 10.2. The lowest BCUT2D eigenvalue weighted by Crippen LogP contribution is -2.28. The summed E-state index contributed by atoms with van der Waals surface area (Å²) < 4.78 is 0. The summed E-state index contributed by atoms with van der Waals surface area (Å²) in [6.07, 6.45) is 6.86. The molecule has 0 aromatic heterocycles. The first-order chi connectivity index (χ1) is 7.20. The molecule has 0 aliphatic rings. The van der Waals surface area contributed by atoms with E-state index in [-0.39, 0.29) is 0 Å². The van der Waals surface area contributed by atoms with Crippen LogP contribution >= 0.6 is 0 Å². The van der Waals surface area contributed by atoms with Crippen LogP contribution in [0.2, 0.25) is 0 Å². The first-order valence-electron chi connectivity index (χ1n) is 6.26. The van der Waals surface area contributed by atoms with Gasteiger partial charge in [-0.25, -0.2) is 0 Å². The van der Waals surface area contributed by atoms with E-state index in [9.17, 15) is 0 Å². The van der Waals surface area contributed by atoms with Gasteiger partial charge in [-0.05, 0) is 38.9 Å². The van der Waals surface area contributed by atoms with Gasteiger partial charge < -0.3 is 10.6 Å². The van der Waals surface area contributed by atoms with Gasteiger partial charge in [0, 0.05) is 6.42 Å². The van der Waals surface area contributed by atoms with Crippen molar-refractivity contribution in [3.63, 3.8) is 0 Å². The van der Waals surface area contributed by atoms with Gasteiger partial charge in [-0.1, -0.05) is 26.7 Å². The van der Waals surface area contributed by atoms with Crippen LogP contribution in [0, 0.1) is 5.41 Å². The fourth-order valence-corrected chi connectivity index (χ4v) is 1.59. The molecule has 3 nitrogen and oxygen atoms in total. The van der Waals surface area contributed by atoms with Gasteiger partial charge >= 0.3 is 0 Å². The largest absolute Gasteiger partial charge is 0.388 e. The quantitative estimate of drug-likeness (QED) is 0.433. The van der Waals surface area contributed by atoms with Crippen LogP contribution < -0.4 is 5.73 Å². The fraction of sp³-hybridized carbons (Fsp3) is 0.917. The molecule has 0 spiro atoms. The Labute approximate surface area is 94.5 Å². The highest BCUT2D eigenvalue weighted by Crippen LogP contribution is 2.01. The van der Waals surface area contributed by atoms with Crippen LogP contribution in [0.5, 0.6) is 0 Å². The van der Waals surface area contributed by atoms with E-state index in [4.69, 9.17) is 11.1 Å². The Balaban J connectivity index is 3.63. The van der Waals surface area contributed by atoms with E-state index in [1.165, 1.54) is 38.8 Å². The molecule has 0 saturated heterocycles. The van der Waals surface area contributed by atoms with Gasteiger partial charge in [0.25, 0.3) is 0 Å². The van der Waals surface area contributed by atoms with Crippen molar-refractivity contribution >= 4 is 5.84 Å². The summed E-state index contributed by atoms with van der Waals surface area (Å²) in [4.78, 5) is 2.51. The molecule has 0 aromatic carbocycles. The Kier molecular flexibility index (Phi) is 9.59. The van der Waals surface area contributed by atoms with Crippen LogP contribution in [-0.4, -0.2) is 30.4 Å². The van der Waals surface area contributed by atoms with Crippen molar-refractivity contribution in [3.8, 4) is 0 Å². The molecule has 0 atom stereocenters. The molecule has 0 fully saturated rings. The Morgan fingerprint density at radius 2 is 1.47 bits per heavy atom. The zero-order valence-corrected chi connectivity index (χ0v) is 10.4. The maximum absolute atomic E-state index is 7.17. The molecular formula is C12H27N3. The minimum atomic E-state index is 0.320. The molecule has 0 bridgehead atoms. The number of amidine groups is 1. The van der Waals surface area contributed by atoms with Crippen LogP contribution in [0.3, 0.4) is 0 Å². The van der Waals surface area contributed by atoms with Crippen LogP contribution in [0.1, 0.15) is 52.4 Å². The average Bonchev–Trinajstić information content (AvgIpc) is 2.20. The zero-order chi connectivity index (χ0) is 11.5. The Bertz CT molecular complexity index is 149. The number of hydrogen-bond donors (Lipinski definition) is 2. The van der Waals surface area contributed by atoms with Gasteiger partial charge in [-0.2, -0.15) is 0 Å². The van der Waals surface area contributed by atoms with Crippen molar-refractivity contribution in [1.82, 2.24) is 4.90 Å². The zero-order valence-electron chi connectivity index (χ0n) is 10.4. The molecule has 0 radical (unpaired) electrons. The van der Waals surface area contributed by atoms with Crippen LogP contribution in [-0.2, 0) is 0 Å². The van der Waals surface area contributed by atoms with E-state index in [0.29, 0.717) is 5.84 Å². The topological polar surface area (TPSA) is 53.1 Å². The average molecular weight is 213 g/mol. The number of hydrogen-bond acceptors (Lipinski definition) is 2. The van der Waals surface area contributed by atoms with Crippen LogP contribution in [0.4, 0.5) is 0 Å². The molecule has 0 amide bonds. The molecular weight excluding hydrogens is 186 g/mol. The van der Waals surface area contributed by atoms with Crippen molar-refractivity contribution in [2.45, 2.75) is 52.4 Å². The van der Waals surface area contributed by atoms with Gasteiger partial charge in [0.2, 0.25) is 0 Å². The van der Waals surface area contributed by atoms with Gasteiger partial charge in [0.15, 0.2) is 0 Å². The Morgan fingerprint density at radius 3 is 1.87 bits per heavy atom. The van der Waals surface area contributed by atoms with Crippen molar-refractivity contribution in [1.29, 1.82) is 5.41 Å². The van der Waals surface area contributed by atoms with Gasteiger partial charge in [0.05, 0.1) is 5.84 Å². The summed E-state index contributed by atoms with van der Waals surface area (Å²) in [6.45, 7) is 7.96. The van der Waals surface area contributed by atoms with Crippen LogP contribution in [0.25, 0.3) is 0 Å². The van der Waals surface area contributed by atoms with Crippen molar-refractivity contribution in [2.75, 3.05) is 19.6 Å². The minimum absolute atomic E-state index is 0.320. The Hall–Kier alpha value is -0.570. The van der Waals surface area contributed by atoms with Crippen molar-refractivity contribution in [3.05, 3.63) is 0 Å². The molecule has 0 rings (SSSR count). The monoisotopic (exact) mass is 213 g/mol. The number of nitrogens with two attached hydrogens (primary N) is 1. The van der Waals surface area contributed by atoms with E-state index >= 15 is 0 Å². The highest BCUT2D eigenvalue weighted by atomic mass is 15.1. The molecule has 0 aromatic rings. The van der Waals surface area contributed by atoms with Gasteiger partial charge in [0.1, 0.15) is 0 Å². The molecule has 0 unspecified atom stereocenters. The third-order valence-electron chi connectivity index (χ3n) is 2.58. The summed E-state index contributed by atoms with van der Waals surface area (Å²) in [5, 5.41) is 7.17. The first-order valence-corrected chi connectivity index (χ1v) is 6.26. The summed E-state index contributed by atoms with van der Waals surface area (Å²) in [5.41, 5.74) is 5.34. The van der Waals surface area contributed by atoms with E-state index in [0.717, 1.165) is 19.4 Å². The normalized spacial score (nSPS) is 10.9. The van der Waals surface area contributed by atoms with E-state index in [1.54, 1.807) is 0 Å². The second-order valence-corrected chi connectivity index (χ2v) is 4.18.